The van der Waals surface area contributed by atoms with Crippen molar-refractivity contribution in [3.8, 4) is 0 Å². The van der Waals surface area contributed by atoms with E-state index in [0.29, 0.717) is 0 Å². The second-order valence-electron chi connectivity index (χ2n) is 3.85. The zero-order chi connectivity index (χ0) is 11.5. The molecule has 1 aromatic heterocycles. The Labute approximate surface area is 109 Å². The van der Waals surface area contributed by atoms with Gasteiger partial charge in [0.1, 0.15) is 5.76 Å². The average Bonchev–Trinajstić information content (AvgIpc) is 2.77. The number of aryl methyl sites for hydroxylation is 1. The van der Waals surface area contributed by atoms with Crippen LogP contribution in [0.4, 0.5) is 5.69 Å². The fourth-order valence-electron chi connectivity index (χ4n) is 1.54. The third-order valence-corrected chi connectivity index (χ3v) is 3.69. The summed E-state index contributed by atoms with van der Waals surface area (Å²) in [6.07, 6.45) is 1.70. The SMILES string of the molecule is Cc1ccc(NC(C)c2ccco2)cc1I. The topological polar surface area (TPSA) is 25.2 Å². The van der Waals surface area contributed by atoms with E-state index in [1.165, 1.54) is 9.13 Å². The Morgan fingerprint density at radius 1 is 1.31 bits per heavy atom. The van der Waals surface area contributed by atoms with E-state index in [0.717, 1.165) is 11.4 Å². The van der Waals surface area contributed by atoms with Gasteiger partial charge in [0.25, 0.3) is 0 Å². The van der Waals surface area contributed by atoms with E-state index in [-0.39, 0.29) is 6.04 Å². The van der Waals surface area contributed by atoms with E-state index in [1.54, 1.807) is 6.26 Å². The minimum absolute atomic E-state index is 0.188. The van der Waals surface area contributed by atoms with Crippen molar-refractivity contribution >= 4 is 28.3 Å². The van der Waals surface area contributed by atoms with Gasteiger partial charge in [0.05, 0.1) is 12.3 Å². The Bertz CT molecular complexity index is 465. The minimum atomic E-state index is 0.188. The van der Waals surface area contributed by atoms with Crippen molar-refractivity contribution in [2.75, 3.05) is 5.32 Å². The van der Waals surface area contributed by atoms with E-state index in [9.17, 15) is 0 Å². The molecule has 16 heavy (non-hydrogen) atoms. The lowest BCUT2D eigenvalue weighted by atomic mass is 10.2. The summed E-state index contributed by atoms with van der Waals surface area (Å²) < 4.78 is 6.63. The highest BCUT2D eigenvalue weighted by Crippen LogP contribution is 2.22. The van der Waals surface area contributed by atoms with Gasteiger partial charge >= 0.3 is 0 Å². The van der Waals surface area contributed by atoms with Crippen LogP contribution in [-0.2, 0) is 0 Å². The maximum Gasteiger partial charge on any atom is 0.125 e. The first kappa shape index (κ1) is 11.5. The van der Waals surface area contributed by atoms with Gasteiger partial charge in [-0.1, -0.05) is 6.07 Å². The van der Waals surface area contributed by atoms with Crippen molar-refractivity contribution < 1.29 is 4.42 Å². The number of halogens is 1. The number of nitrogens with one attached hydrogen (secondary N) is 1. The van der Waals surface area contributed by atoms with Gasteiger partial charge in [-0.3, -0.25) is 0 Å². The molecule has 1 atom stereocenters. The fourth-order valence-corrected chi connectivity index (χ4v) is 2.06. The van der Waals surface area contributed by atoms with Crippen LogP contribution in [0.3, 0.4) is 0 Å². The maximum absolute atomic E-state index is 5.36. The average molecular weight is 327 g/mol. The fraction of sp³-hybridized carbons (Fsp3) is 0.231. The molecular formula is C13H14INO. The summed E-state index contributed by atoms with van der Waals surface area (Å²) in [5, 5.41) is 3.41. The molecule has 0 radical (unpaired) electrons. The van der Waals surface area contributed by atoms with Gasteiger partial charge in [-0.25, -0.2) is 0 Å². The molecule has 1 N–H and O–H groups in total. The molecule has 84 valence electrons. The molecule has 0 aliphatic heterocycles. The van der Waals surface area contributed by atoms with E-state index in [1.807, 2.05) is 12.1 Å². The van der Waals surface area contributed by atoms with Crippen LogP contribution in [0.15, 0.2) is 41.0 Å². The quantitative estimate of drug-likeness (QED) is 0.847. The van der Waals surface area contributed by atoms with Crippen molar-refractivity contribution in [1.82, 2.24) is 0 Å². The van der Waals surface area contributed by atoms with Crippen LogP contribution < -0.4 is 5.32 Å². The molecule has 2 rings (SSSR count). The molecule has 0 fully saturated rings. The maximum atomic E-state index is 5.36. The van der Waals surface area contributed by atoms with E-state index in [4.69, 9.17) is 4.42 Å². The Morgan fingerprint density at radius 2 is 2.12 bits per heavy atom. The van der Waals surface area contributed by atoms with Crippen LogP contribution in [0.25, 0.3) is 0 Å². The predicted molar refractivity (Wildman–Crippen MR) is 74.6 cm³/mol. The number of anilines is 1. The third kappa shape index (κ3) is 2.58. The molecule has 0 bridgehead atoms. The summed E-state index contributed by atoms with van der Waals surface area (Å²) in [5.74, 6) is 0.954. The Hall–Kier alpha value is -0.970. The van der Waals surface area contributed by atoms with Gasteiger partial charge in [-0.2, -0.15) is 0 Å². The molecule has 0 spiro atoms. The summed E-state index contributed by atoms with van der Waals surface area (Å²) in [6.45, 7) is 4.20. The molecule has 1 heterocycles. The highest BCUT2D eigenvalue weighted by molar-refractivity contribution is 14.1. The van der Waals surface area contributed by atoms with Gasteiger partial charge in [0, 0.05) is 9.26 Å². The lowest BCUT2D eigenvalue weighted by Crippen LogP contribution is -2.05. The van der Waals surface area contributed by atoms with Crippen LogP contribution in [0.2, 0.25) is 0 Å². The first-order valence-corrected chi connectivity index (χ1v) is 6.31. The number of rotatable bonds is 3. The number of hydrogen-bond donors (Lipinski definition) is 1. The molecule has 1 unspecified atom stereocenters. The summed E-state index contributed by atoms with van der Waals surface area (Å²) >= 11 is 2.35. The number of furan rings is 1. The highest BCUT2D eigenvalue weighted by Gasteiger charge is 2.07. The molecule has 0 saturated heterocycles. The first-order chi connectivity index (χ1) is 7.66. The molecule has 0 amide bonds. The van der Waals surface area contributed by atoms with Gasteiger partial charge in [-0.05, 0) is 66.3 Å². The zero-order valence-corrected chi connectivity index (χ0v) is 11.5. The Kier molecular flexibility index (Phi) is 3.53. The largest absolute Gasteiger partial charge is 0.467 e. The molecule has 2 aromatic rings. The summed E-state index contributed by atoms with van der Waals surface area (Å²) in [5.41, 5.74) is 2.43. The van der Waals surface area contributed by atoms with Crippen molar-refractivity contribution in [2.24, 2.45) is 0 Å². The van der Waals surface area contributed by atoms with Crippen LogP contribution in [-0.4, -0.2) is 0 Å². The molecule has 0 aliphatic carbocycles. The van der Waals surface area contributed by atoms with Gasteiger partial charge < -0.3 is 9.73 Å². The van der Waals surface area contributed by atoms with E-state index < -0.39 is 0 Å². The molecule has 0 aliphatic rings. The van der Waals surface area contributed by atoms with Crippen LogP contribution in [0.1, 0.15) is 24.3 Å². The second-order valence-corrected chi connectivity index (χ2v) is 5.01. The lowest BCUT2D eigenvalue weighted by Gasteiger charge is -2.13. The predicted octanol–water partition coefficient (Wildman–Crippen LogP) is 4.37. The van der Waals surface area contributed by atoms with Crippen molar-refractivity contribution in [3.63, 3.8) is 0 Å². The lowest BCUT2D eigenvalue weighted by molar-refractivity contribution is 0.490. The molecule has 3 heteroatoms. The number of benzene rings is 1. The van der Waals surface area contributed by atoms with Crippen molar-refractivity contribution in [1.29, 1.82) is 0 Å². The molecule has 0 saturated carbocycles. The Balaban J connectivity index is 2.12. The number of hydrogen-bond acceptors (Lipinski definition) is 2. The minimum Gasteiger partial charge on any atom is -0.467 e. The Morgan fingerprint density at radius 3 is 2.75 bits per heavy atom. The molecule has 1 aromatic carbocycles. The molecule has 2 nitrogen and oxygen atoms in total. The van der Waals surface area contributed by atoms with Crippen molar-refractivity contribution in [2.45, 2.75) is 19.9 Å². The van der Waals surface area contributed by atoms with Crippen LogP contribution in [0, 0.1) is 10.5 Å². The smallest absolute Gasteiger partial charge is 0.125 e. The summed E-state index contributed by atoms with van der Waals surface area (Å²) in [4.78, 5) is 0. The van der Waals surface area contributed by atoms with Gasteiger partial charge in [0.15, 0.2) is 0 Å². The van der Waals surface area contributed by atoms with Crippen LogP contribution >= 0.6 is 22.6 Å². The second kappa shape index (κ2) is 4.91. The normalized spacial score (nSPS) is 12.4. The monoisotopic (exact) mass is 327 g/mol. The van der Waals surface area contributed by atoms with Gasteiger partial charge in [0.2, 0.25) is 0 Å². The van der Waals surface area contributed by atoms with Crippen molar-refractivity contribution in [3.05, 3.63) is 51.5 Å². The summed E-state index contributed by atoms with van der Waals surface area (Å²) in [6, 6.07) is 10.4. The van der Waals surface area contributed by atoms with E-state index in [2.05, 4.69) is 60.0 Å². The van der Waals surface area contributed by atoms with Crippen LogP contribution in [0.5, 0.6) is 0 Å². The highest BCUT2D eigenvalue weighted by atomic mass is 127. The third-order valence-electron chi connectivity index (χ3n) is 2.52. The van der Waals surface area contributed by atoms with Gasteiger partial charge in [-0.15, -0.1) is 0 Å². The standard InChI is InChI=1S/C13H14INO/c1-9-5-6-11(8-12(9)14)15-10(2)13-4-3-7-16-13/h3-8,10,15H,1-2H3. The molecular weight excluding hydrogens is 313 g/mol. The zero-order valence-electron chi connectivity index (χ0n) is 9.33. The van der Waals surface area contributed by atoms with E-state index >= 15 is 0 Å². The summed E-state index contributed by atoms with van der Waals surface area (Å²) in [7, 11) is 0. The first-order valence-electron chi connectivity index (χ1n) is 5.23.